The van der Waals surface area contributed by atoms with Crippen LogP contribution in [0, 0.1) is 6.92 Å². The number of rotatable bonds is 8. The SMILES string of the molecule is Cc1nc2ccccc2n1CCCNC(=O)Cc1ccc(S(=O)(=O)N2CCCC2)s1. The third kappa shape index (κ3) is 4.43. The summed E-state index contributed by atoms with van der Waals surface area (Å²) in [6, 6.07) is 11.4. The van der Waals surface area contributed by atoms with E-state index in [4.69, 9.17) is 0 Å². The molecule has 0 radical (unpaired) electrons. The van der Waals surface area contributed by atoms with E-state index in [1.807, 2.05) is 25.1 Å². The molecular formula is C21H26N4O3S2. The molecule has 0 unspecified atom stereocenters. The lowest BCUT2D eigenvalue weighted by atomic mass is 10.3. The number of imidazole rings is 1. The van der Waals surface area contributed by atoms with Crippen LogP contribution in [-0.4, -0.2) is 47.8 Å². The predicted octanol–water partition coefficient (Wildman–Crippen LogP) is 2.94. The molecule has 1 aliphatic rings. The Kier molecular flexibility index (Phi) is 6.21. The molecule has 1 N–H and O–H groups in total. The maximum absolute atomic E-state index is 12.6. The van der Waals surface area contributed by atoms with Gasteiger partial charge in [0.25, 0.3) is 10.0 Å². The van der Waals surface area contributed by atoms with Gasteiger partial charge in [-0.1, -0.05) is 12.1 Å². The van der Waals surface area contributed by atoms with Crippen LogP contribution in [0.5, 0.6) is 0 Å². The Labute approximate surface area is 180 Å². The Bertz CT molecular complexity index is 1140. The van der Waals surface area contributed by atoms with Crippen molar-refractivity contribution in [3.8, 4) is 0 Å². The zero-order valence-electron chi connectivity index (χ0n) is 17.0. The molecule has 9 heteroatoms. The van der Waals surface area contributed by atoms with Crippen LogP contribution in [0.1, 0.15) is 30.0 Å². The van der Waals surface area contributed by atoms with Crippen LogP contribution in [0.4, 0.5) is 0 Å². The molecule has 1 saturated heterocycles. The van der Waals surface area contributed by atoms with Gasteiger partial charge in [0.15, 0.2) is 0 Å². The normalized spacial score (nSPS) is 15.1. The van der Waals surface area contributed by atoms with Gasteiger partial charge in [-0.2, -0.15) is 4.31 Å². The third-order valence-electron chi connectivity index (χ3n) is 5.36. The van der Waals surface area contributed by atoms with Crippen LogP contribution >= 0.6 is 11.3 Å². The van der Waals surface area contributed by atoms with Gasteiger partial charge in [0.1, 0.15) is 10.0 Å². The first kappa shape index (κ1) is 21.0. The highest BCUT2D eigenvalue weighted by Gasteiger charge is 2.28. The number of carbonyl (C=O) groups is 1. The molecule has 1 aromatic carbocycles. The summed E-state index contributed by atoms with van der Waals surface area (Å²) < 4.78 is 29.2. The highest BCUT2D eigenvalue weighted by Crippen LogP contribution is 2.27. The van der Waals surface area contributed by atoms with Crippen molar-refractivity contribution in [2.24, 2.45) is 0 Å². The Morgan fingerprint density at radius 3 is 2.73 bits per heavy atom. The number of para-hydroxylation sites is 2. The summed E-state index contributed by atoms with van der Waals surface area (Å²) in [6.45, 7) is 4.51. The van der Waals surface area contributed by atoms with Crippen molar-refractivity contribution in [3.05, 3.63) is 47.1 Å². The van der Waals surface area contributed by atoms with Crippen molar-refractivity contribution >= 4 is 38.3 Å². The van der Waals surface area contributed by atoms with Crippen LogP contribution in [0.3, 0.4) is 0 Å². The highest BCUT2D eigenvalue weighted by atomic mass is 32.2. The number of thiophene rings is 1. The molecule has 4 rings (SSSR count). The molecule has 1 aliphatic heterocycles. The van der Waals surface area contributed by atoms with Crippen molar-refractivity contribution in [3.63, 3.8) is 0 Å². The number of hydrogen-bond acceptors (Lipinski definition) is 5. The molecule has 0 bridgehead atoms. The molecule has 0 atom stereocenters. The van der Waals surface area contributed by atoms with Crippen LogP contribution in [0.25, 0.3) is 11.0 Å². The van der Waals surface area contributed by atoms with Crippen LogP contribution in [-0.2, 0) is 27.8 Å². The number of amides is 1. The van der Waals surface area contributed by atoms with Crippen molar-refractivity contribution in [1.29, 1.82) is 0 Å². The Morgan fingerprint density at radius 2 is 1.93 bits per heavy atom. The minimum Gasteiger partial charge on any atom is -0.356 e. The van der Waals surface area contributed by atoms with Gasteiger partial charge in [0.2, 0.25) is 5.91 Å². The number of nitrogens with zero attached hydrogens (tertiary/aromatic N) is 3. The zero-order valence-corrected chi connectivity index (χ0v) is 18.6. The molecular weight excluding hydrogens is 420 g/mol. The number of hydrogen-bond donors (Lipinski definition) is 1. The fourth-order valence-electron chi connectivity index (χ4n) is 3.81. The largest absolute Gasteiger partial charge is 0.356 e. The minimum atomic E-state index is -3.41. The molecule has 0 aliphatic carbocycles. The van der Waals surface area contributed by atoms with E-state index in [0.29, 0.717) is 23.8 Å². The number of nitrogens with one attached hydrogen (secondary N) is 1. The number of aromatic nitrogens is 2. The van der Waals surface area contributed by atoms with Crippen molar-refractivity contribution in [2.45, 2.75) is 43.4 Å². The monoisotopic (exact) mass is 446 g/mol. The van der Waals surface area contributed by atoms with Gasteiger partial charge in [-0.05, 0) is 50.5 Å². The molecule has 7 nitrogen and oxygen atoms in total. The van der Waals surface area contributed by atoms with E-state index in [0.717, 1.165) is 47.5 Å². The Hall–Kier alpha value is -2.23. The van der Waals surface area contributed by atoms with Gasteiger partial charge >= 0.3 is 0 Å². The first-order valence-electron chi connectivity index (χ1n) is 10.2. The van der Waals surface area contributed by atoms with Crippen molar-refractivity contribution < 1.29 is 13.2 Å². The highest BCUT2D eigenvalue weighted by molar-refractivity contribution is 7.91. The minimum absolute atomic E-state index is 0.0887. The lowest BCUT2D eigenvalue weighted by molar-refractivity contribution is -0.120. The summed E-state index contributed by atoms with van der Waals surface area (Å²) in [5, 5.41) is 2.94. The number of carbonyl (C=O) groups excluding carboxylic acids is 1. The summed E-state index contributed by atoms with van der Waals surface area (Å²) in [7, 11) is -3.41. The summed E-state index contributed by atoms with van der Waals surface area (Å²) in [5.41, 5.74) is 2.09. The molecule has 3 aromatic rings. The zero-order chi connectivity index (χ0) is 21.1. The molecule has 30 heavy (non-hydrogen) atoms. The second-order valence-electron chi connectivity index (χ2n) is 7.51. The molecule has 0 saturated carbocycles. The smallest absolute Gasteiger partial charge is 0.252 e. The average Bonchev–Trinajstić information content (AvgIpc) is 3.46. The van der Waals surface area contributed by atoms with Crippen LogP contribution < -0.4 is 5.32 Å². The van der Waals surface area contributed by atoms with E-state index in [1.165, 1.54) is 15.6 Å². The quantitative estimate of drug-likeness (QED) is 0.539. The third-order valence-corrected chi connectivity index (χ3v) is 8.81. The second-order valence-corrected chi connectivity index (χ2v) is 10.8. The standard InChI is InChI=1S/C21H26N4O3S2/c1-16-23-18-7-2-3-8-19(18)25(16)14-6-11-22-20(26)15-17-9-10-21(29-17)30(27,28)24-12-4-5-13-24/h2-3,7-10H,4-6,11-15H2,1H3,(H,22,26). The Balaban J connectivity index is 1.27. The fraction of sp³-hybridized carbons (Fsp3) is 0.429. The number of fused-ring (bicyclic) bond motifs is 1. The number of aryl methyl sites for hydroxylation is 2. The molecule has 1 amide bonds. The summed E-state index contributed by atoms with van der Waals surface area (Å²) in [5.74, 6) is 0.877. The lowest BCUT2D eigenvalue weighted by Crippen LogP contribution is -2.27. The average molecular weight is 447 g/mol. The van der Waals surface area contributed by atoms with E-state index >= 15 is 0 Å². The van der Waals surface area contributed by atoms with E-state index in [2.05, 4.69) is 20.9 Å². The maximum Gasteiger partial charge on any atom is 0.252 e. The molecule has 1 fully saturated rings. The van der Waals surface area contributed by atoms with Gasteiger partial charge in [-0.15, -0.1) is 11.3 Å². The first-order valence-corrected chi connectivity index (χ1v) is 12.5. The van der Waals surface area contributed by atoms with Crippen LogP contribution in [0.15, 0.2) is 40.6 Å². The second kappa shape index (κ2) is 8.87. The molecule has 3 heterocycles. The number of sulfonamides is 1. The topological polar surface area (TPSA) is 84.3 Å². The van der Waals surface area contributed by atoms with Gasteiger partial charge < -0.3 is 9.88 Å². The van der Waals surface area contributed by atoms with E-state index in [1.54, 1.807) is 12.1 Å². The van der Waals surface area contributed by atoms with Crippen molar-refractivity contribution in [2.75, 3.05) is 19.6 Å². The van der Waals surface area contributed by atoms with Gasteiger partial charge in [-0.3, -0.25) is 4.79 Å². The summed E-state index contributed by atoms with van der Waals surface area (Å²) in [6.07, 6.45) is 2.82. The molecule has 2 aromatic heterocycles. The number of benzene rings is 1. The first-order chi connectivity index (χ1) is 14.4. The van der Waals surface area contributed by atoms with Crippen LogP contribution in [0.2, 0.25) is 0 Å². The molecule has 0 spiro atoms. The molecule has 160 valence electrons. The van der Waals surface area contributed by atoms with Gasteiger partial charge in [-0.25, -0.2) is 13.4 Å². The fourth-order valence-corrected chi connectivity index (χ4v) is 6.84. The van der Waals surface area contributed by atoms with Gasteiger partial charge in [0.05, 0.1) is 17.5 Å². The van der Waals surface area contributed by atoms with Crippen molar-refractivity contribution in [1.82, 2.24) is 19.2 Å². The Morgan fingerprint density at radius 1 is 1.17 bits per heavy atom. The van der Waals surface area contributed by atoms with E-state index in [-0.39, 0.29) is 12.3 Å². The van der Waals surface area contributed by atoms with E-state index < -0.39 is 10.0 Å². The van der Waals surface area contributed by atoms with E-state index in [9.17, 15) is 13.2 Å². The predicted molar refractivity (Wildman–Crippen MR) is 118 cm³/mol. The maximum atomic E-state index is 12.6. The summed E-state index contributed by atoms with van der Waals surface area (Å²) in [4.78, 5) is 17.6. The van der Waals surface area contributed by atoms with Gasteiger partial charge in [0, 0.05) is 31.1 Å². The lowest BCUT2D eigenvalue weighted by Gasteiger charge is -2.13. The summed E-state index contributed by atoms with van der Waals surface area (Å²) >= 11 is 1.19.